The van der Waals surface area contributed by atoms with Gasteiger partial charge in [-0.2, -0.15) is 5.26 Å². The second-order valence-corrected chi connectivity index (χ2v) is 4.55. The number of hydrogen-bond acceptors (Lipinski definition) is 4. The standard InChI is InChI=1S/C14H16N4O/c1-11(2)14(19)18-8-6-17(7-9-18)13-12(10-15)4-3-5-16-13/h3-5H,1,6-9H2,2H3. The minimum absolute atomic E-state index is 0.00109. The van der Waals surface area contributed by atoms with Gasteiger partial charge in [0.05, 0.1) is 5.56 Å². The van der Waals surface area contributed by atoms with Crippen molar-refractivity contribution >= 4 is 11.7 Å². The summed E-state index contributed by atoms with van der Waals surface area (Å²) >= 11 is 0. The molecule has 5 heteroatoms. The first-order chi connectivity index (χ1) is 9.13. The number of nitrogens with zero attached hydrogens (tertiary/aromatic N) is 4. The van der Waals surface area contributed by atoms with Gasteiger partial charge >= 0.3 is 0 Å². The van der Waals surface area contributed by atoms with E-state index in [-0.39, 0.29) is 5.91 Å². The van der Waals surface area contributed by atoms with Crippen molar-refractivity contribution in [3.8, 4) is 6.07 Å². The summed E-state index contributed by atoms with van der Waals surface area (Å²) in [6.07, 6.45) is 1.68. The Labute approximate surface area is 112 Å². The highest BCUT2D eigenvalue weighted by Crippen LogP contribution is 2.18. The minimum atomic E-state index is 0.00109. The van der Waals surface area contributed by atoms with Gasteiger partial charge in [0.15, 0.2) is 0 Å². The van der Waals surface area contributed by atoms with Crippen LogP contribution in [-0.2, 0) is 4.79 Å². The molecule has 1 amide bonds. The molecule has 1 fully saturated rings. The molecule has 0 aromatic carbocycles. The monoisotopic (exact) mass is 256 g/mol. The lowest BCUT2D eigenvalue weighted by atomic mass is 10.2. The van der Waals surface area contributed by atoms with E-state index in [1.165, 1.54) is 0 Å². The van der Waals surface area contributed by atoms with Gasteiger partial charge in [0, 0.05) is 37.9 Å². The van der Waals surface area contributed by atoms with Crippen molar-refractivity contribution < 1.29 is 4.79 Å². The molecule has 1 saturated heterocycles. The largest absolute Gasteiger partial charge is 0.352 e. The van der Waals surface area contributed by atoms with E-state index in [9.17, 15) is 4.79 Å². The lowest BCUT2D eigenvalue weighted by Crippen LogP contribution is -2.49. The molecule has 0 saturated carbocycles. The summed E-state index contributed by atoms with van der Waals surface area (Å²) in [5.74, 6) is 0.702. The molecule has 5 nitrogen and oxygen atoms in total. The molecule has 0 radical (unpaired) electrons. The first kappa shape index (κ1) is 13.1. The summed E-state index contributed by atoms with van der Waals surface area (Å²) < 4.78 is 0. The van der Waals surface area contributed by atoms with Gasteiger partial charge < -0.3 is 9.80 Å². The third kappa shape index (κ3) is 2.74. The molecule has 0 unspecified atom stereocenters. The molecule has 0 bridgehead atoms. The average Bonchev–Trinajstić information content (AvgIpc) is 2.46. The minimum Gasteiger partial charge on any atom is -0.352 e. The number of nitriles is 1. The first-order valence-corrected chi connectivity index (χ1v) is 6.18. The van der Waals surface area contributed by atoms with Crippen LogP contribution in [0.4, 0.5) is 5.82 Å². The van der Waals surface area contributed by atoms with Gasteiger partial charge in [0.2, 0.25) is 5.91 Å². The maximum Gasteiger partial charge on any atom is 0.249 e. The van der Waals surface area contributed by atoms with Crippen molar-refractivity contribution in [2.45, 2.75) is 6.92 Å². The summed E-state index contributed by atoms with van der Waals surface area (Å²) in [5.41, 5.74) is 1.13. The number of carbonyl (C=O) groups excluding carboxylic acids is 1. The number of anilines is 1. The fourth-order valence-corrected chi connectivity index (χ4v) is 2.13. The molecule has 0 spiro atoms. The molecule has 0 N–H and O–H groups in total. The van der Waals surface area contributed by atoms with Gasteiger partial charge in [-0.3, -0.25) is 4.79 Å². The molecule has 1 aliphatic rings. The van der Waals surface area contributed by atoms with Crippen molar-refractivity contribution in [2.75, 3.05) is 31.1 Å². The smallest absolute Gasteiger partial charge is 0.249 e. The lowest BCUT2D eigenvalue weighted by molar-refractivity contribution is -0.127. The Balaban J connectivity index is 2.06. The Hall–Kier alpha value is -2.35. The summed E-state index contributed by atoms with van der Waals surface area (Å²) in [7, 11) is 0. The van der Waals surface area contributed by atoms with Crippen LogP contribution >= 0.6 is 0 Å². The van der Waals surface area contributed by atoms with Crippen LogP contribution in [0, 0.1) is 11.3 Å². The molecular weight excluding hydrogens is 240 g/mol. The van der Waals surface area contributed by atoms with E-state index in [1.807, 2.05) is 4.90 Å². The Morgan fingerprint density at radius 3 is 2.68 bits per heavy atom. The molecule has 19 heavy (non-hydrogen) atoms. The highest BCUT2D eigenvalue weighted by Gasteiger charge is 2.23. The fourth-order valence-electron chi connectivity index (χ4n) is 2.13. The zero-order valence-corrected chi connectivity index (χ0v) is 11.0. The van der Waals surface area contributed by atoms with E-state index in [2.05, 4.69) is 17.6 Å². The van der Waals surface area contributed by atoms with Gasteiger partial charge in [0.1, 0.15) is 11.9 Å². The summed E-state index contributed by atoms with van der Waals surface area (Å²) in [5, 5.41) is 9.07. The van der Waals surface area contributed by atoms with Gasteiger partial charge in [-0.1, -0.05) is 6.58 Å². The highest BCUT2D eigenvalue weighted by molar-refractivity contribution is 5.92. The van der Waals surface area contributed by atoms with Gasteiger partial charge in [0.25, 0.3) is 0 Å². The molecule has 1 aromatic heterocycles. The number of aromatic nitrogens is 1. The Morgan fingerprint density at radius 2 is 2.11 bits per heavy atom. The quantitative estimate of drug-likeness (QED) is 0.745. The summed E-state index contributed by atoms with van der Waals surface area (Å²) in [6.45, 7) is 8.03. The third-order valence-corrected chi connectivity index (χ3v) is 3.14. The molecular formula is C14H16N4O. The maximum atomic E-state index is 11.8. The van der Waals surface area contributed by atoms with Crippen molar-refractivity contribution in [3.05, 3.63) is 36.0 Å². The average molecular weight is 256 g/mol. The number of hydrogen-bond donors (Lipinski definition) is 0. The maximum absolute atomic E-state index is 11.8. The molecule has 0 aliphatic carbocycles. The Kier molecular flexibility index (Phi) is 3.81. The molecule has 2 heterocycles. The van der Waals surface area contributed by atoms with E-state index in [0.29, 0.717) is 43.1 Å². The van der Waals surface area contributed by atoms with Crippen molar-refractivity contribution in [1.29, 1.82) is 5.26 Å². The van der Waals surface area contributed by atoms with Crippen molar-refractivity contribution in [3.63, 3.8) is 0 Å². The lowest BCUT2D eigenvalue weighted by Gasteiger charge is -2.35. The van der Waals surface area contributed by atoms with E-state index in [0.717, 1.165) is 0 Å². The molecule has 98 valence electrons. The van der Waals surface area contributed by atoms with Crippen LogP contribution in [0.1, 0.15) is 12.5 Å². The van der Waals surface area contributed by atoms with E-state index in [1.54, 1.807) is 30.2 Å². The second-order valence-electron chi connectivity index (χ2n) is 4.55. The van der Waals surface area contributed by atoms with Crippen LogP contribution in [0.2, 0.25) is 0 Å². The molecule has 0 atom stereocenters. The Morgan fingerprint density at radius 1 is 1.42 bits per heavy atom. The van der Waals surface area contributed by atoms with Crippen LogP contribution in [-0.4, -0.2) is 42.0 Å². The highest BCUT2D eigenvalue weighted by atomic mass is 16.2. The van der Waals surface area contributed by atoms with Crippen molar-refractivity contribution in [1.82, 2.24) is 9.88 Å². The second kappa shape index (κ2) is 5.53. The molecule has 2 rings (SSSR count). The normalized spacial score (nSPS) is 14.9. The van der Waals surface area contributed by atoms with Crippen LogP contribution in [0.5, 0.6) is 0 Å². The first-order valence-electron chi connectivity index (χ1n) is 6.18. The van der Waals surface area contributed by atoms with Gasteiger partial charge in [-0.05, 0) is 19.1 Å². The van der Waals surface area contributed by atoms with E-state index in [4.69, 9.17) is 5.26 Å². The topological polar surface area (TPSA) is 60.2 Å². The zero-order valence-electron chi connectivity index (χ0n) is 11.0. The van der Waals surface area contributed by atoms with E-state index >= 15 is 0 Å². The van der Waals surface area contributed by atoms with Crippen molar-refractivity contribution in [2.24, 2.45) is 0 Å². The SMILES string of the molecule is C=C(C)C(=O)N1CCN(c2ncccc2C#N)CC1. The van der Waals surface area contributed by atoms with Gasteiger partial charge in [-0.25, -0.2) is 4.98 Å². The number of rotatable bonds is 2. The predicted molar refractivity (Wildman–Crippen MR) is 72.6 cm³/mol. The third-order valence-electron chi connectivity index (χ3n) is 3.14. The van der Waals surface area contributed by atoms with Crippen LogP contribution in [0.15, 0.2) is 30.5 Å². The summed E-state index contributed by atoms with van der Waals surface area (Å²) in [6, 6.07) is 5.66. The van der Waals surface area contributed by atoms with Gasteiger partial charge in [-0.15, -0.1) is 0 Å². The van der Waals surface area contributed by atoms with Crippen LogP contribution in [0.3, 0.4) is 0 Å². The number of piperazine rings is 1. The predicted octanol–water partition coefficient (Wildman–Crippen LogP) is 1.18. The Bertz CT molecular complexity index is 539. The number of pyridine rings is 1. The van der Waals surface area contributed by atoms with Crippen LogP contribution < -0.4 is 4.90 Å². The van der Waals surface area contributed by atoms with Crippen LogP contribution in [0.25, 0.3) is 0 Å². The molecule has 1 aliphatic heterocycles. The molecule has 1 aromatic rings. The van der Waals surface area contributed by atoms with E-state index < -0.39 is 0 Å². The zero-order chi connectivity index (χ0) is 13.8. The number of amides is 1. The summed E-state index contributed by atoms with van der Waals surface area (Å²) in [4.78, 5) is 19.9. The fraction of sp³-hybridized carbons (Fsp3) is 0.357. The number of carbonyl (C=O) groups is 1.